The zero-order chi connectivity index (χ0) is 17.4. The number of nitrogens with one attached hydrogen (secondary N) is 2. The first kappa shape index (κ1) is 17.4. The van der Waals surface area contributed by atoms with Gasteiger partial charge in [0.15, 0.2) is 0 Å². The van der Waals surface area contributed by atoms with Crippen molar-refractivity contribution in [2.75, 3.05) is 5.32 Å². The Bertz CT molecular complexity index is 722. The van der Waals surface area contributed by atoms with Crippen LogP contribution in [0.5, 0.6) is 0 Å². The molecular formula is C19H21N3O2. The summed E-state index contributed by atoms with van der Waals surface area (Å²) in [5, 5.41) is 6.81. The highest BCUT2D eigenvalue weighted by molar-refractivity contribution is 5.99. The number of anilines is 1. The van der Waals surface area contributed by atoms with E-state index in [-0.39, 0.29) is 24.7 Å². The average Bonchev–Trinajstić information content (AvgIpc) is 2.59. The summed E-state index contributed by atoms with van der Waals surface area (Å²) < 4.78 is 0. The number of carbonyl (C=O) groups excluding carboxylic acids is 2. The summed E-state index contributed by atoms with van der Waals surface area (Å²) in [6, 6.07) is 17.0. The topological polar surface area (TPSA) is 70.6 Å². The van der Waals surface area contributed by atoms with Crippen LogP contribution in [-0.4, -0.2) is 17.5 Å². The fraction of sp³-hybridized carbons (Fsp3) is 0.211. The molecule has 24 heavy (non-hydrogen) atoms. The van der Waals surface area contributed by atoms with E-state index >= 15 is 0 Å². The third-order valence-corrected chi connectivity index (χ3v) is 3.45. The maximum Gasteiger partial charge on any atom is 0.240 e. The van der Waals surface area contributed by atoms with Crippen molar-refractivity contribution in [1.82, 2.24) is 5.43 Å². The Hall–Kier alpha value is -2.95. The molecule has 0 bridgehead atoms. The van der Waals surface area contributed by atoms with Gasteiger partial charge in [-0.2, -0.15) is 5.10 Å². The highest BCUT2D eigenvalue weighted by atomic mass is 16.2. The molecular weight excluding hydrogens is 302 g/mol. The van der Waals surface area contributed by atoms with Gasteiger partial charge in [-0.05, 0) is 31.5 Å². The summed E-state index contributed by atoms with van der Waals surface area (Å²) >= 11 is 0. The van der Waals surface area contributed by atoms with Crippen LogP contribution in [0.2, 0.25) is 0 Å². The van der Waals surface area contributed by atoms with Gasteiger partial charge in [-0.3, -0.25) is 9.59 Å². The van der Waals surface area contributed by atoms with Crippen LogP contribution in [0.3, 0.4) is 0 Å². The summed E-state index contributed by atoms with van der Waals surface area (Å²) in [5.74, 6) is -0.486. The molecule has 0 aliphatic heterocycles. The summed E-state index contributed by atoms with van der Waals surface area (Å²) in [5.41, 5.74) is 6.04. The summed E-state index contributed by atoms with van der Waals surface area (Å²) in [4.78, 5) is 23.6. The zero-order valence-electron chi connectivity index (χ0n) is 13.9. The smallest absolute Gasteiger partial charge is 0.240 e. The Labute approximate surface area is 141 Å². The fourth-order valence-electron chi connectivity index (χ4n) is 2.03. The van der Waals surface area contributed by atoms with E-state index in [9.17, 15) is 9.59 Å². The van der Waals surface area contributed by atoms with Crippen molar-refractivity contribution < 1.29 is 9.59 Å². The van der Waals surface area contributed by atoms with Crippen LogP contribution in [-0.2, 0) is 9.59 Å². The molecule has 2 amide bonds. The number of amides is 2. The normalized spacial score (nSPS) is 11.0. The number of carbonyl (C=O) groups is 2. The molecule has 0 atom stereocenters. The first-order valence-electron chi connectivity index (χ1n) is 7.79. The highest BCUT2D eigenvalue weighted by Crippen LogP contribution is 2.06. The van der Waals surface area contributed by atoms with Gasteiger partial charge in [-0.1, -0.05) is 48.0 Å². The van der Waals surface area contributed by atoms with Crippen LogP contribution in [0, 0.1) is 6.92 Å². The van der Waals surface area contributed by atoms with Gasteiger partial charge in [0.2, 0.25) is 11.8 Å². The largest absolute Gasteiger partial charge is 0.326 e. The maximum atomic E-state index is 11.8. The van der Waals surface area contributed by atoms with Gasteiger partial charge in [-0.15, -0.1) is 0 Å². The van der Waals surface area contributed by atoms with Crippen molar-refractivity contribution in [3.05, 3.63) is 65.7 Å². The van der Waals surface area contributed by atoms with Crippen LogP contribution in [0.15, 0.2) is 59.7 Å². The van der Waals surface area contributed by atoms with E-state index in [0.717, 1.165) is 17.0 Å². The monoisotopic (exact) mass is 323 g/mol. The molecule has 124 valence electrons. The van der Waals surface area contributed by atoms with Crippen LogP contribution in [0.1, 0.15) is 30.9 Å². The first-order chi connectivity index (χ1) is 11.5. The number of hydrogen-bond acceptors (Lipinski definition) is 3. The summed E-state index contributed by atoms with van der Waals surface area (Å²) in [6.45, 7) is 3.84. The number of benzene rings is 2. The van der Waals surface area contributed by atoms with Gasteiger partial charge in [0.25, 0.3) is 0 Å². The predicted molar refractivity (Wildman–Crippen MR) is 95.8 cm³/mol. The molecule has 0 fully saturated rings. The molecule has 2 aromatic rings. The molecule has 0 saturated heterocycles. The van der Waals surface area contributed by atoms with E-state index in [2.05, 4.69) is 15.8 Å². The number of hydrogen-bond donors (Lipinski definition) is 2. The van der Waals surface area contributed by atoms with Crippen LogP contribution < -0.4 is 10.7 Å². The third-order valence-electron chi connectivity index (χ3n) is 3.45. The summed E-state index contributed by atoms with van der Waals surface area (Å²) in [6.07, 6.45) is 0.198. The maximum absolute atomic E-state index is 11.8. The van der Waals surface area contributed by atoms with Crippen molar-refractivity contribution in [2.45, 2.75) is 26.7 Å². The summed E-state index contributed by atoms with van der Waals surface area (Å²) in [7, 11) is 0. The van der Waals surface area contributed by atoms with Crippen molar-refractivity contribution >= 4 is 23.2 Å². The fourth-order valence-corrected chi connectivity index (χ4v) is 2.03. The molecule has 2 N–H and O–H groups in total. The Balaban J connectivity index is 1.77. The van der Waals surface area contributed by atoms with Crippen LogP contribution >= 0.6 is 0 Å². The Morgan fingerprint density at radius 1 is 0.917 bits per heavy atom. The lowest BCUT2D eigenvalue weighted by atomic mass is 10.1. The first-order valence-corrected chi connectivity index (χ1v) is 7.79. The standard InChI is InChI=1S/C19H21N3O2/c1-14-8-10-16(11-9-14)15(2)21-22-19(24)13-12-18(23)20-17-6-4-3-5-7-17/h3-11H,12-13H2,1-2H3,(H,20,23)(H,22,24). The molecule has 5 nitrogen and oxygen atoms in total. The number of para-hydroxylation sites is 1. The Morgan fingerprint density at radius 2 is 1.54 bits per heavy atom. The molecule has 0 radical (unpaired) electrons. The van der Waals surface area contributed by atoms with Crippen molar-refractivity contribution in [3.63, 3.8) is 0 Å². The number of nitrogens with zero attached hydrogens (tertiary/aromatic N) is 1. The Morgan fingerprint density at radius 3 is 2.21 bits per heavy atom. The average molecular weight is 323 g/mol. The minimum absolute atomic E-state index is 0.0867. The minimum atomic E-state index is -0.287. The molecule has 5 heteroatoms. The molecule has 2 aromatic carbocycles. The molecule has 0 aliphatic carbocycles. The lowest BCUT2D eigenvalue weighted by molar-refractivity contribution is -0.124. The van der Waals surface area contributed by atoms with Gasteiger partial charge in [0.1, 0.15) is 0 Å². The second-order valence-corrected chi connectivity index (χ2v) is 5.51. The zero-order valence-corrected chi connectivity index (χ0v) is 13.9. The minimum Gasteiger partial charge on any atom is -0.326 e. The quantitative estimate of drug-likeness (QED) is 0.633. The van der Waals surface area contributed by atoms with E-state index in [1.54, 1.807) is 12.1 Å². The SMILES string of the molecule is CC(=NNC(=O)CCC(=O)Nc1ccccc1)c1ccc(C)cc1. The van der Waals surface area contributed by atoms with Crippen molar-refractivity contribution in [3.8, 4) is 0 Å². The van der Waals surface area contributed by atoms with E-state index in [4.69, 9.17) is 0 Å². The van der Waals surface area contributed by atoms with Crippen molar-refractivity contribution in [1.29, 1.82) is 0 Å². The van der Waals surface area contributed by atoms with Crippen molar-refractivity contribution in [2.24, 2.45) is 5.10 Å². The van der Waals surface area contributed by atoms with Gasteiger partial charge < -0.3 is 5.32 Å². The Kier molecular flexibility index (Phi) is 6.25. The molecule has 0 saturated carbocycles. The van der Waals surface area contributed by atoms with Gasteiger partial charge in [0.05, 0.1) is 5.71 Å². The van der Waals surface area contributed by atoms with Gasteiger partial charge in [-0.25, -0.2) is 5.43 Å². The molecule has 2 rings (SSSR count). The second-order valence-electron chi connectivity index (χ2n) is 5.51. The predicted octanol–water partition coefficient (Wildman–Crippen LogP) is 3.25. The second kappa shape index (κ2) is 8.62. The molecule has 0 aliphatic rings. The number of hydrazone groups is 1. The molecule has 0 unspecified atom stereocenters. The molecule has 0 spiro atoms. The number of rotatable bonds is 6. The van der Waals surface area contributed by atoms with Crippen LogP contribution in [0.25, 0.3) is 0 Å². The van der Waals surface area contributed by atoms with Crippen LogP contribution in [0.4, 0.5) is 5.69 Å². The number of aryl methyl sites for hydroxylation is 1. The van der Waals surface area contributed by atoms with E-state index in [1.807, 2.05) is 56.3 Å². The molecule has 0 aromatic heterocycles. The van der Waals surface area contributed by atoms with E-state index in [1.165, 1.54) is 5.56 Å². The lowest BCUT2D eigenvalue weighted by Gasteiger charge is -2.05. The highest BCUT2D eigenvalue weighted by Gasteiger charge is 2.07. The molecule has 0 heterocycles. The third kappa shape index (κ3) is 5.68. The van der Waals surface area contributed by atoms with E-state index in [0.29, 0.717) is 0 Å². The van der Waals surface area contributed by atoms with Gasteiger partial charge in [0, 0.05) is 18.5 Å². The lowest BCUT2D eigenvalue weighted by Crippen LogP contribution is -2.21. The van der Waals surface area contributed by atoms with Gasteiger partial charge >= 0.3 is 0 Å². The van der Waals surface area contributed by atoms with E-state index < -0.39 is 0 Å².